The van der Waals surface area contributed by atoms with Gasteiger partial charge in [0, 0.05) is 13.1 Å². The quantitative estimate of drug-likeness (QED) is 0.568. The molecule has 0 saturated heterocycles. The molecular formula is C25H26N2. The summed E-state index contributed by atoms with van der Waals surface area (Å²) in [6.45, 7) is 1.95. The SMILES string of the molecule is c1ccc(CN2c3ccccc3N(Cc3ccccc3)C23CCCC3)cc1. The van der Waals surface area contributed by atoms with Gasteiger partial charge in [0.15, 0.2) is 0 Å². The highest BCUT2D eigenvalue weighted by Crippen LogP contribution is 2.53. The molecule has 1 aliphatic carbocycles. The lowest BCUT2D eigenvalue weighted by atomic mass is 10.0. The van der Waals surface area contributed by atoms with Crippen molar-refractivity contribution in [3.63, 3.8) is 0 Å². The van der Waals surface area contributed by atoms with Gasteiger partial charge in [0.1, 0.15) is 5.66 Å². The zero-order valence-electron chi connectivity index (χ0n) is 15.7. The molecular weight excluding hydrogens is 328 g/mol. The molecule has 5 rings (SSSR count). The highest BCUT2D eigenvalue weighted by atomic mass is 15.5. The molecule has 1 aliphatic heterocycles. The summed E-state index contributed by atoms with van der Waals surface area (Å²) in [6, 6.07) is 30.8. The summed E-state index contributed by atoms with van der Waals surface area (Å²) in [6.07, 6.45) is 5.10. The zero-order valence-corrected chi connectivity index (χ0v) is 15.7. The van der Waals surface area contributed by atoms with E-state index in [1.165, 1.54) is 48.2 Å². The van der Waals surface area contributed by atoms with Gasteiger partial charge >= 0.3 is 0 Å². The predicted molar refractivity (Wildman–Crippen MR) is 113 cm³/mol. The number of para-hydroxylation sites is 2. The topological polar surface area (TPSA) is 6.48 Å². The number of fused-ring (bicyclic) bond motifs is 1. The van der Waals surface area contributed by atoms with Gasteiger partial charge in [-0.1, -0.05) is 72.8 Å². The number of anilines is 2. The van der Waals surface area contributed by atoms with Crippen LogP contribution in [-0.2, 0) is 13.1 Å². The number of rotatable bonds is 4. The van der Waals surface area contributed by atoms with Crippen molar-refractivity contribution in [1.82, 2.24) is 0 Å². The normalized spacial score (nSPS) is 17.5. The minimum Gasteiger partial charge on any atom is -0.343 e. The van der Waals surface area contributed by atoms with Crippen LogP contribution in [0.2, 0.25) is 0 Å². The van der Waals surface area contributed by atoms with Gasteiger partial charge in [0.05, 0.1) is 11.4 Å². The maximum Gasteiger partial charge on any atom is 0.113 e. The van der Waals surface area contributed by atoms with Gasteiger partial charge < -0.3 is 9.80 Å². The molecule has 2 heteroatoms. The van der Waals surface area contributed by atoms with Crippen LogP contribution in [0.5, 0.6) is 0 Å². The Hall–Kier alpha value is -2.74. The van der Waals surface area contributed by atoms with Gasteiger partial charge in [0.2, 0.25) is 0 Å². The smallest absolute Gasteiger partial charge is 0.113 e. The Kier molecular flexibility index (Phi) is 4.12. The lowest BCUT2D eigenvalue weighted by molar-refractivity contribution is 0.386. The van der Waals surface area contributed by atoms with Crippen molar-refractivity contribution in [2.45, 2.75) is 44.4 Å². The molecule has 1 saturated carbocycles. The van der Waals surface area contributed by atoms with E-state index in [-0.39, 0.29) is 5.66 Å². The Bertz CT molecular complexity index is 827. The third-order valence-corrected chi connectivity index (χ3v) is 6.24. The largest absolute Gasteiger partial charge is 0.343 e. The van der Waals surface area contributed by atoms with Crippen molar-refractivity contribution in [2.24, 2.45) is 0 Å². The maximum atomic E-state index is 2.69. The molecule has 1 fully saturated rings. The number of hydrogen-bond acceptors (Lipinski definition) is 2. The molecule has 136 valence electrons. The van der Waals surface area contributed by atoms with E-state index in [4.69, 9.17) is 0 Å². The monoisotopic (exact) mass is 354 g/mol. The number of nitrogens with zero attached hydrogens (tertiary/aromatic N) is 2. The summed E-state index contributed by atoms with van der Waals surface area (Å²) in [5.74, 6) is 0. The van der Waals surface area contributed by atoms with Crippen LogP contribution in [0.4, 0.5) is 11.4 Å². The van der Waals surface area contributed by atoms with Gasteiger partial charge in [-0.3, -0.25) is 0 Å². The van der Waals surface area contributed by atoms with Crippen molar-refractivity contribution < 1.29 is 0 Å². The maximum absolute atomic E-state index is 2.69. The van der Waals surface area contributed by atoms with E-state index in [0.29, 0.717) is 0 Å². The molecule has 0 aromatic heterocycles. The minimum absolute atomic E-state index is 0.107. The molecule has 1 heterocycles. The molecule has 0 radical (unpaired) electrons. The Morgan fingerprint density at radius 3 is 1.41 bits per heavy atom. The number of hydrogen-bond donors (Lipinski definition) is 0. The Morgan fingerprint density at radius 1 is 0.556 bits per heavy atom. The predicted octanol–water partition coefficient (Wildman–Crippen LogP) is 5.98. The van der Waals surface area contributed by atoms with E-state index in [1.54, 1.807) is 0 Å². The van der Waals surface area contributed by atoms with Crippen molar-refractivity contribution in [3.05, 3.63) is 96.1 Å². The fraction of sp³-hybridized carbons (Fsp3) is 0.280. The highest BCUT2D eigenvalue weighted by molar-refractivity contribution is 5.79. The van der Waals surface area contributed by atoms with Crippen LogP contribution < -0.4 is 9.80 Å². The van der Waals surface area contributed by atoms with Crippen LogP contribution in [0, 0.1) is 0 Å². The molecule has 0 unspecified atom stereocenters. The fourth-order valence-corrected chi connectivity index (χ4v) is 4.99. The molecule has 0 amide bonds. The molecule has 2 aliphatic rings. The lowest BCUT2D eigenvalue weighted by Crippen LogP contribution is -2.54. The summed E-state index contributed by atoms with van der Waals surface area (Å²) in [7, 11) is 0. The van der Waals surface area contributed by atoms with E-state index in [1.807, 2.05) is 0 Å². The van der Waals surface area contributed by atoms with Crippen LogP contribution in [-0.4, -0.2) is 5.66 Å². The van der Waals surface area contributed by atoms with E-state index >= 15 is 0 Å². The highest BCUT2D eigenvalue weighted by Gasteiger charge is 2.50. The van der Waals surface area contributed by atoms with Crippen molar-refractivity contribution in [3.8, 4) is 0 Å². The van der Waals surface area contributed by atoms with Crippen LogP contribution >= 0.6 is 0 Å². The molecule has 0 bridgehead atoms. The Balaban J connectivity index is 1.58. The van der Waals surface area contributed by atoms with Crippen molar-refractivity contribution in [2.75, 3.05) is 9.80 Å². The van der Waals surface area contributed by atoms with E-state index in [2.05, 4.69) is 94.7 Å². The summed E-state index contributed by atoms with van der Waals surface area (Å²) < 4.78 is 0. The van der Waals surface area contributed by atoms with Gasteiger partial charge in [-0.2, -0.15) is 0 Å². The van der Waals surface area contributed by atoms with Crippen LogP contribution in [0.15, 0.2) is 84.9 Å². The van der Waals surface area contributed by atoms with Gasteiger partial charge in [-0.15, -0.1) is 0 Å². The summed E-state index contributed by atoms with van der Waals surface area (Å²) >= 11 is 0. The second kappa shape index (κ2) is 6.77. The molecule has 0 atom stereocenters. The summed E-state index contributed by atoms with van der Waals surface area (Å²) in [4.78, 5) is 5.38. The first-order chi connectivity index (χ1) is 13.4. The van der Waals surface area contributed by atoms with Gasteiger partial charge in [-0.25, -0.2) is 0 Å². The van der Waals surface area contributed by atoms with Gasteiger partial charge in [-0.05, 0) is 48.9 Å². The third kappa shape index (κ3) is 2.80. The summed E-state index contributed by atoms with van der Waals surface area (Å²) in [5, 5.41) is 0. The van der Waals surface area contributed by atoms with Crippen molar-refractivity contribution >= 4 is 11.4 Å². The average Bonchev–Trinajstić information content (AvgIpc) is 3.30. The molecule has 2 nitrogen and oxygen atoms in total. The third-order valence-electron chi connectivity index (χ3n) is 6.24. The molecule has 3 aromatic carbocycles. The second-order valence-electron chi connectivity index (χ2n) is 7.82. The zero-order chi connectivity index (χ0) is 18.1. The second-order valence-corrected chi connectivity index (χ2v) is 7.82. The lowest BCUT2D eigenvalue weighted by Gasteiger charge is -2.44. The van der Waals surface area contributed by atoms with Gasteiger partial charge in [0.25, 0.3) is 0 Å². The van der Waals surface area contributed by atoms with Crippen molar-refractivity contribution in [1.29, 1.82) is 0 Å². The fourth-order valence-electron chi connectivity index (χ4n) is 4.99. The van der Waals surface area contributed by atoms with E-state index < -0.39 is 0 Å². The molecule has 1 spiro atoms. The van der Waals surface area contributed by atoms with Crippen LogP contribution in [0.25, 0.3) is 0 Å². The molecule has 0 N–H and O–H groups in total. The number of benzene rings is 3. The van der Waals surface area contributed by atoms with Crippen LogP contribution in [0.1, 0.15) is 36.8 Å². The Morgan fingerprint density at radius 2 is 0.963 bits per heavy atom. The molecule has 3 aromatic rings. The first kappa shape index (κ1) is 16.4. The van der Waals surface area contributed by atoms with Crippen LogP contribution in [0.3, 0.4) is 0 Å². The van der Waals surface area contributed by atoms with E-state index in [9.17, 15) is 0 Å². The standard InChI is InChI=1S/C25H26N2/c1-3-11-21(12-4-1)19-26-23-15-7-8-16-24(23)27(25(26)17-9-10-18-25)20-22-13-5-2-6-14-22/h1-8,11-16H,9-10,17-20H2. The van der Waals surface area contributed by atoms with E-state index in [0.717, 1.165) is 13.1 Å². The average molecular weight is 354 g/mol. The minimum atomic E-state index is 0.107. The Labute approximate surface area is 162 Å². The molecule has 27 heavy (non-hydrogen) atoms. The first-order valence-electron chi connectivity index (χ1n) is 10.1. The first-order valence-corrected chi connectivity index (χ1v) is 10.1. The summed E-state index contributed by atoms with van der Waals surface area (Å²) in [5.41, 5.74) is 5.66.